The van der Waals surface area contributed by atoms with Crippen molar-refractivity contribution in [2.24, 2.45) is 0 Å². The number of ether oxygens (including phenoxy) is 3. The van der Waals surface area contributed by atoms with E-state index >= 15 is 0 Å². The van der Waals surface area contributed by atoms with Crippen LogP contribution in [0.15, 0.2) is 12.1 Å². The van der Waals surface area contributed by atoms with Gasteiger partial charge in [-0.1, -0.05) is 0 Å². The third kappa shape index (κ3) is 3.87. The summed E-state index contributed by atoms with van der Waals surface area (Å²) < 4.78 is 15.8. The van der Waals surface area contributed by atoms with Gasteiger partial charge in [-0.2, -0.15) is 0 Å². The maximum absolute atomic E-state index is 12.0. The minimum Gasteiger partial charge on any atom is -0.493 e. The molecule has 0 aliphatic carbocycles. The molecule has 0 heterocycles. The Bertz CT molecular complexity index is 471. The average molecular weight is 301 g/mol. The highest BCUT2D eigenvalue weighted by atomic mass is 35.5. The summed E-state index contributed by atoms with van der Waals surface area (Å²) in [5.41, 5.74) is 0.365. The van der Waals surface area contributed by atoms with Crippen molar-refractivity contribution in [2.75, 3.05) is 19.8 Å². The molecule has 0 saturated heterocycles. The van der Waals surface area contributed by atoms with E-state index in [0.29, 0.717) is 13.2 Å². The van der Waals surface area contributed by atoms with Crippen LogP contribution in [-0.2, 0) is 4.74 Å². The molecular weight excluding hydrogens is 284 g/mol. The van der Waals surface area contributed by atoms with E-state index in [1.54, 1.807) is 20.8 Å². The van der Waals surface area contributed by atoms with E-state index in [9.17, 15) is 9.59 Å². The van der Waals surface area contributed by atoms with E-state index in [-0.39, 0.29) is 29.2 Å². The lowest BCUT2D eigenvalue weighted by molar-refractivity contribution is 0.0517. The third-order valence-electron chi connectivity index (χ3n) is 2.37. The Hall–Kier alpha value is -1.75. The van der Waals surface area contributed by atoms with Gasteiger partial charge in [0.2, 0.25) is 0 Å². The largest absolute Gasteiger partial charge is 0.493 e. The Labute approximate surface area is 122 Å². The number of carbonyl (C=O) groups is 2. The van der Waals surface area contributed by atoms with Crippen LogP contribution >= 0.6 is 11.6 Å². The molecule has 1 aromatic rings. The fraction of sp³-hybridized carbons (Fsp3) is 0.429. The minimum absolute atomic E-state index is 0.164. The van der Waals surface area contributed by atoms with Crippen molar-refractivity contribution in [3.8, 4) is 11.5 Å². The first kappa shape index (κ1) is 16.3. The molecule has 0 aromatic heterocycles. The second-order valence-electron chi connectivity index (χ2n) is 3.71. The van der Waals surface area contributed by atoms with Crippen molar-refractivity contribution in [1.29, 1.82) is 0 Å². The highest BCUT2D eigenvalue weighted by Crippen LogP contribution is 2.32. The second-order valence-corrected chi connectivity index (χ2v) is 4.05. The maximum Gasteiger partial charge on any atom is 0.345 e. The quantitative estimate of drug-likeness (QED) is 0.572. The third-order valence-corrected chi connectivity index (χ3v) is 2.59. The van der Waals surface area contributed by atoms with Gasteiger partial charge in [-0.25, -0.2) is 4.79 Å². The van der Waals surface area contributed by atoms with Crippen LogP contribution in [0, 0.1) is 0 Å². The molecule has 0 aliphatic heterocycles. The van der Waals surface area contributed by atoms with Crippen LogP contribution in [-0.4, -0.2) is 31.0 Å². The van der Waals surface area contributed by atoms with Crippen molar-refractivity contribution in [3.63, 3.8) is 0 Å². The number of halogens is 1. The number of hydrogen-bond donors (Lipinski definition) is 0. The number of esters is 1. The molecule has 20 heavy (non-hydrogen) atoms. The first-order valence-electron chi connectivity index (χ1n) is 6.35. The molecule has 0 atom stereocenters. The van der Waals surface area contributed by atoms with Gasteiger partial charge >= 0.3 is 5.97 Å². The molecule has 0 N–H and O–H groups in total. The lowest BCUT2D eigenvalue weighted by Crippen LogP contribution is -2.12. The zero-order valence-electron chi connectivity index (χ0n) is 11.7. The predicted molar refractivity (Wildman–Crippen MR) is 74.9 cm³/mol. The number of benzene rings is 1. The minimum atomic E-state index is -0.651. The monoisotopic (exact) mass is 300 g/mol. The standard InChI is InChI=1S/C14H17ClO5/c1-4-18-10-7-9(13(15)16)8-11(19-5-2)12(10)14(17)20-6-3/h7-8H,4-6H2,1-3H3. The normalized spacial score (nSPS) is 10.0. The molecule has 0 fully saturated rings. The van der Waals surface area contributed by atoms with Crippen LogP contribution in [0.3, 0.4) is 0 Å². The highest BCUT2D eigenvalue weighted by Gasteiger charge is 2.23. The summed E-state index contributed by atoms with van der Waals surface area (Å²) in [6.07, 6.45) is 0. The molecular formula is C14H17ClO5. The van der Waals surface area contributed by atoms with Crippen molar-refractivity contribution in [1.82, 2.24) is 0 Å². The second kappa shape index (κ2) is 7.75. The summed E-state index contributed by atoms with van der Waals surface area (Å²) in [5, 5.41) is -0.651. The van der Waals surface area contributed by atoms with Gasteiger partial charge in [0.15, 0.2) is 0 Å². The van der Waals surface area contributed by atoms with Gasteiger partial charge in [0.25, 0.3) is 5.24 Å². The van der Waals surface area contributed by atoms with Crippen LogP contribution in [0.5, 0.6) is 11.5 Å². The van der Waals surface area contributed by atoms with E-state index < -0.39 is 11.2 Å². The Kier molecular flexibility index (Phi) is 6.31. The van der Waals surface area contributed by atoms with Crippen molar-refractivity contribution in [2.45, 2.75) is 20.8 Å². The molecule has 0 aliphatic rings. The molecule has 0 radical (unpaired) electrons. The van der Waals surface area contributed by atoms with Gasteiger partial charge in [0, 0.05) is 5.56 Å². The Balaban J connectivity index is 3.41. The van der Waals surface area contributed by atoms with E-state index in [0.717, 1.165) is 0 Å². The summed E-state index contributed by atoms with van der Waals surface area (Å²) in [5.74, 6) is -0.116. The first-order valence-corrected chi connectivity index (χ1v) is 6.73. The molecule has 0 amide bonds. The van der Waals surface area contributed by atoms with E-state index in [4.69, 9.17) is 25.8 Å². The Morgan fingerprint density at radius 3 is 1.85 bits per heavy atom. The van der Waals surface area contributed by atoms with Crippen molar-refractivity contribution >= 4 is 22.8 Å². The zero-order chi connectivity index (χ0) is 15.1. The molecule has 1 aromatic carbocycles. The van der Waals surface area contributed by atoms with Gasteiger partial charge in [0.1, 0.15) is 17.1 Å². The van der Waals surface area contributed by atoms with Gasteiger partial charge in [-0.05, 0) is 44.5 Å². The summed E-state index contributed by atoms with van der Waals surface area (Å²) in [4.78, 5) is 23.3. The zero-order valence-corrected chi connectivity index (χ0v) is 12.5. The first-order chi connectivity index (χ1) is 9.54. The van der Waals surface area contributed by atoms with Crippen LogP contribution in [0.2, 0.25) is 0 Å². The average Bonchev–Trinajstić information content (AvgIpc) is 2.39. The smallest absolute Gasteiger partial charge is 0.345 e. The number of rotatable bonds is 7. The topological polar surface area (TPSA) is 61.8 Å². The summed E-state index contributed by atoms with van der Waals surface area (Å²) in [6.45, 7) is 6.13. The van der Waals surface area contributed by atoms with Gasteiger partial charge in [-0.15, -0.1) is 0 Å². The highest BCUT2D eigenvalue weighted by molar-refractivity contribution is 6.67. The SMILES string of the molecule is CCOC(=O)c1c(OCC)cc(C(=O)Cl)cc1OCC. The van der Waals surface area contributed by atoms with Crippen LogP contribution < -0.4 is 9.47 Å². The van der Waals surface area contributed by atoms with Crippen molar-refractivity contribution < 1.29 is 23.8 Å². The summed E-state index contributed by atoms with van der Waals surface area (Å²) >= 11 is 5.47. The van der Waals surface area contributed by atoms with Crippen LogP contribution in [0.1, 0.15) is 41.5 Å². The lowest BCUT2D eigenvalue weighted by Gasteiger charge is -2.15. The van der Waals surface area contributed by atoms with Gasteiger partial charge < -0.3 is 14.2 Å². The molecule has 110 valence electrons. The van der Waals surface area contributed by atoms with Gasteiger partial charge in [-0.3, -0.25) is 4.79 Å². The van der Waals surface area contributed by atoms with Gasteiger partial charge in [0.05, 0.1) is 19.8 Å². The van der Waals surface area contributed by atoms with E-state index in [2.05, 4.69) is 0 Å². The number of hydrogen-bond acceptors (Lipinski definition) is 5. The molecule has 0 bridgehead atoms. The predicted octanol–water partition coefficient (Wildman–Crippen LogP) is 3.04. The van der Waals surface area contributed by atoms with E-state index in [1.165, 1.54) is 12.1 Å². The molecule has 6 heteroatoms. The van der Waals surface area contributed by atoms with E-state index in [1.807, 2.05) is 0 Å². The van der Waals surface area contributed by atoms with Crippen LogP contribution in [0.25, 0.3) is 0 Å². The molecule has 0 saturated carbocycles. The molecule has 1 rings (SSSR count). The van der Waals surface area contributed by atoms with Crippen LogP contribution in [0.4, 0.5) is 0 Å². The van der Waals surface area contributed by atoms with Crippen molar-refractivity contribution in [3.05, 3.63) is 23.3 Å². The maximum atomic E-state index is 12.0. The Morgan fingerprint density at radius 2 is 1.50 bits per heavy atom. The molecule has 5 nitrogen and oxygen atoms in total. The Morgan fingerprint density at radius 1 is 1.00 bits per heavy atom. The lowest BCUT2D eigenvalue weighted by atomic mass is 10.1. The fourth-order valence-corrected chi connectivity index (χ4v) is 1.76. The summed E-state index contributed by atoms with van der Waals surface area (Å²) in [6, 6.07) is 2.82. The fourth-order valence-electron chi connectivity index (χ4n) is 1.65. The number of carbonyl (C=O) groups excluding carboxylic acids is 2. The molecule has 0 spiro atoms. The summed E-state index contributed by atoms with van der Waals surface area (Å²) in [7, 11) is 0. The molecule has 0 unspecified atom stereocenters.